The van der Waals surface area contributed by atoms with Gasteiger partial charge in [-0.15, -0.1) is 0 Å². The quantitative estimate of drug-likeness (QED) is 0.696. The predicted octanol–water partition coefficient (Wildman–Crippen LogP) is 1.39. The first kappa shape index (κ1) is 17.2. The predicted molar refractivity (Wildman–Crippen MR) is 82.2 cm³/mol. The van der Waals surface area contributed by atoms with E-state index in [1.807, 2.05) is 13.8 Å². The average Bonchev–Trinajstić information content (AvgIpc) is 2.95. The molecule has 0 aromatic carbocycles. The molecular formula is C16H28N2O4. The van der Waals surface area contributed by atoms with Crippen LogP contribution in [0.3, 0.4) is 0 Å². The fourth-order valence-corrected chi connectivity index (χ4v) is 3.14. The second kappa shape index (κ2) is 7.92. The minimum Gasteiger partial charge on any atom is -0.347 e. The highest BCUT2D eigenvalue weighted by molar-refractivity contribution is 5.96. The summed E-state index contributed by atoms with van der Waals surface area (Å²) in [4.78, 5) is 28.1. The standard InChI is InChI=1S/C16H28N2O4/c1-3-7-17(8-4-2)14(19)13-15(20)18-9-5-16(6-10-18)21-11-12-22-16/h3-13H2,1-2H3. The molecule has 6 heteroatoms. The highest BCUT2D eigenvalue weighted by atomic mass is 16.7. The van der Waals surface area contributed by atoms with E-state index in [1.165, 1.54) is 0 Å². The van der Waals surface area contributed by atoms with Crippen molar-refractivity contribution in [3.05, 3.63) is 0 Å². The van der Waals surface area contributed by atoms with Crippen LogP contribution >= 0.6 is 0 Å². The van der Waals surface area contributed by atoms with Gasteiger partial charge in [0.25, 0.3) is 0 Å². The number of hydrogen-bond donors (Lipinski definition) is 0. The Morgan fingerprint density at radius 3 is 2.09 bits per heavy atom. The first-order valence-corrected chi connectivity index (χ1v) is 8.43. The van der Waals surface area contributed by atoms with Crippen molar-refractivity contribution in [3.63, 3.8) is 0 Å². The largest absolute Gasteiger partial charge is 0.347 e. The molecule has 2 aliphatic heterocycles. The molecule has 2 amide bonds. The van der Waals surface area contributed by atoms with E-state index in [-0.39, 0.29) is 18.2 Å². The van der Waals surface area contributed by atoms with Crippen LogP contribution in [0.1, 0.15) is 46.0 Å². The topological polar surface area (TPSA) is 59.1 Å². The molecule has 126 valence electrons. The first-order chi connectivity index (χ1) is 10.6. The van der Waals surface area contributed by atoms with E-state index >= 15 is 0 Å². The second-order valence-corrected chi connectivity index (χ2v) is 6.05. The van der Waals surface area contributed by atoms with Gasteiger partial charge < -0.3 is 19.3 Å². The maximum absolute atomic E-state index is 12.3. The molecule has 0 bridgehead atoms. The summed E-state index contributed by atoms with van der Waals surface area (Å²) in [5, 5.41) is 0. The fraction of sp³-hybridized carbons (Fsp3) is 0.875. The molecule has 0 saturated carbocycles. The lowest BCUT2D eigenvalue weighted by atomic mass is 10.0. The Balaban J connectivity index is 1.80. The molecule has 6 nitrogen and oxygen atoms in total. The van der Waals surface area contributed by atoms with E-state index in [1.54, 1.807) is 9.80 Å². The molecule has 0 aromatic heterocycles. The van der Waals surface area contributed by atoms with Gasteiger partial charge in [-0.1, -0.05) is 13.8 Å². The Hall–Kier alpha value is -1.14. The number of rotatable bonds is 6. The molecule has 2 fully saturated rings. The van der Waals surface area contributed by atoms with E-state index in [9.17, 15) is 9.59 Å². The van der Waals surface area contributed by atoms with E-state index in [0.717, 1.165) is 25.9 Å². The Kier molecular flexibility index (Phi) is 6.20. The van der Waals surface area contributed by atoms with Gasteiger partial charge in [0, 0.05) is 39.0 Å². The van der Waals surface area contributed by atoms with Crippen LogP contribution in [0.25, 0.3) is 0 Å². The molecule has 0 N–H and O–H groups in total. The lowest BCUT2D eigenvalue weighted by Crippen LogP contribution is -2.48. The molecule has 1 spiro atoms. The van der Waals surface area contributed by atoms with Crippen molar-refractivity contribution >= 4 is 11.8 Å². The SMILES string of the molecule is CCCN(CCC)C(=O)CC(=O)N1CCC2(CC1)OCCO2. The van der Waals surface area contributed by atoms with Crippen molar-refractivity contribution < 1.29 is 19.1 Å². The number of carbonyl (C=O) groups is 2. The maximum atomic E-state index is 12.3. The van der Waals surface area contributed by atoms with Crippen LogP contribution in [0.15, 0.2) is 0 Å². The summed E-state index contributed by atoms with van der Waals surface area (Å²) >= 11 is 0. The molecule has 0 unspecified atom stereocenters. The van der Waals surface area contributed by atoms with E-state index < -0.39 is 5.79 Å². The summed E-state index contributed by atoms with van der Waals surface area (Å²) in [6.07, 6.45) is 3.21. The molecule has 0 radical (unpaired) electrons. The molecule has 2 aliphatic rings. The lowest BCUT2D eigenvalue weighted by molar-refractivity contribution is -0.187. The summed E-state index contributed by atoms with van der Waals surface area (Å²) in [7, 11) is 0. The fourth-order valence-electron chi connectivity index (χ4n) is 3.14. The smallest absolute Gasteiger partial charge is 0.232 e. The van der Waals surface area contributed by atoms with E-state index in [4.69, 9.17) is 9.47 Å². The van der Waals surface area contributed by atoms with Crippen LogP contribution in [0, 0.1) is 0 Å². The zero-order chi connectivity index (χ0) is 16.0. The van der Waals surface area contributed by atoms with Crippen LogP contribution in [-0.4, -0.2) is 66.8 Å². The number of ether oxygens (including phenoxy) is 2. The van der Waals surface area contributed by atoms with Gasteiger partial charge in [-0.25, -0.2) is 0 Å². The summed E-state index contributed by atoms with van der Waals surface area (Å²) in [5.74, 6) is -0.602. The van der Waals surface area contributed by atoms with Crippen molar-refractivity contribution in [3.8, 4) is 0 Å². The van der Waals surface area contributed by atoms with Crippen molar-refractivity contribution in [2.45, 2.75) is 51.7 Å². The van der Waals surface area contributed by atoms with E-state index in [0.29, 0.717) is 39.1 Å². The van der Waals surface area contributed by atoms with Gasteiger partial charge >= 0.3 is 0 Å². The summed E-state index contributed by atoms with van der Waals surface area (Å²) in [5.41, 5.74) is 0. The van der Waals surface area contributed by atoms with Gasteiger partial charge in [-0.3, -0.25) is 9.59 Å². The second-order valence-electron chi connectivity index (χ2n) is 6.05. The number of likely N-dealkylation sites (tertiary alicyclic amines) is 1. The molecule has 22 heavy (non-hydrogen) atoms. The molecule has 0 aliphatic carbocycles. The van der Waals surface area contributed by atoms with Gasteiger partial charge in [0.1, 0.15) is 6.42 Å². The van der Waals surface area contributed by atoms with Gasteiger partial charge in [-0.2, -0.15) is 0 Å². The molecule has 2 rings (SSSR count). The molecule has 0 aromatic rings. The summed E-state index contributed by atoms with van der Waals surface area (Å²) in [6.45, 7) is 8.02. The molecular weight excluding hydrogens is 284 g/mol. The maximum Gasteiger partial charge on any atom is 0.232 e. The van der Waals surface area contributed by atoms with Crippen molar-refractivity contribution in [2.75, 3.05) is 39.4 Å². The zero-order valence-corrected chi connectivity index (χ0v) is 13.8. The van der Waals surface area contributed by atoms with Crippen LogP contribution in [-0.2, 0) is 19.1 Å². The summed E-state index contributed by atoms with van der Waals surface area (Å²) < 4.78 is 11.3. The lowest BCUT2D eigenvalue weighted by Gasteiger charge is -2.37. The van der Waals surface area contributed by atoms with Gasteiger partial charge in [-0.05, 0) is 12.8 Å². The molecule has 2 heterocycles. The number of piperidine rings is 1. The minimum atomic E-state index is -0.475. The molecule has 0 atom stereocenters. The Bertz CT molecular complexity index is 378. The Morgan fingerprint density at radius 1 is 1.05 bits per heavy atom. The normalized spacial score (nSPS) is 20.4. The van der Waals surface area contributed by atoms with Crippen molar-refractivity contribution in [2.24, 2.45) is 0 Å². The first-order valence-electron chi connectivity index (χ1n) is 8.43. The number of hydrogen-bond acceptors (Lipinski definition) is 4. The average molecular weight is 312 g/mol. The Labute approximate surface area is 132 Å². The van der Waals surface area contributed by atoms with Crippen LogP contribution < -0.4 is 0 Å². The third-order valence-electron chi connectivity index (χ3n) is 4.33. The van der Waals surface area contributed by atoms with Crippen LogP contribution in [0.2, 0.25) is 0 Å². The number of amides is 2. The van der Waals surface area contributed by atoms with Gasteiger partial charge in [0.05, 0.1) is 13.2 Å². The Morgan fingerprint density at radius 2 is 1.59 bits per heavy atom. The monoisotopic (exact) mass is 312 g/mol. The third-order valence-corrected chi connectivity index (χ3v) is 4.33. The zero-order valence-electron chi connectivity index (χ0n) is 13.8. The molecule has 2 saturated heterocycles. The van der Waals surface area contributed by atoms with Crippen LogP contribution in [0.4, 0.5) is 0 Å². The van der Waals surface area contributed by atoms with Crippen LogP contribution in [0.5, 0.6) is 0 Å². The highest BCUT2D eigenvalue weighted by Crippen LogP contribution is 2.31. The van der Waals surface area contributed by atoms with Crippen molar-refractivity contribution in [1.82, 2.24) is 9.80 Å². The number of carbonyl (C=O) groups excluding carboxylic acids is 2. The van der Waals surface area contributed by atoms with Gasteiger partial charge in [0.2, 0.25) is 11.8 Å². The number of nitrogens with zero attached hydrogens (tertiary/aromatic N) is 2. The highest BCUT2D eigenvalue weighted by Gasteiger charge is 2.40. The minimum absolute atomic E-state index is 0.0191. The van der Waals surface area contributed by atoms with E-state index in [2.05, 4.69) is 0 Å². The van der Waals surface area contributed by atoms with Crippen molar-refractivity contribution in [1.29, 1.82) is 0 Å². The summed E-state index contributed by atoms with van der Waals surface area (Å²) in [6, 6.07) is 0. The third kappa shape index (κ3) is 4.20. The van der Waals surface area contributed by atoms with Gasteiger partial charge in [0.15, 0.2) is 5.79 Å².